The first-order chi connectivity index (χ1) is 7.72. The molecule has 96 valence electrons. The topological polar surface area (TPSA) is 41.9 Å². The zero-order valence-electron chi connectivity index (χ0n) is 9.28. The van der Waals surface area contributed by atoms with Crippen LogP contribution in [0.15, 0.2) is 0 Å². The lowest BCUT2D eigenvalue weighted by Crippen LogP contribution is -2.36. The summed E-state index contributed by atoms with van der Waals surface area (Å²) in [5, 5.41) is 8.74. The van der Waals surface area contributed by atoms with Gasteiger partial charge in [-0.2, -0.15) is 0 Å². The Bertz CT molecular complexity index is 177. The number of alkyl halides is 2. The predicted molar refractivity (Wildman–Crippen MR) is 54.5 cm³/mol. The van der Waals surface area contributed by atoms with Crippen molar-refractivity contribution in [2.75, 3.05) is 39.5 Å². The second-order valence-corrected chi connectivity index (χ2v) is 3.73. The van der Waals surface area contributed by atoms with E-state index in [9.17, 15) is 8.78 Å². The molecule has 0 aromatic carbocycles. The highest BCUT2D eigenvalue weighted by Crippen LogP contribution is 2.10. The van der Waals surface area contributed by atoms with Crippen molar-refractivity contribution >= 4 is 0 Å². The van der Waals surface area contributed by atoms with Crippen LogP contribution in [0.1, 0.15) is 12.8 Å². The first kappa shape index (κ1) is 13.8. The third kappa shape index (κ3) is 5.69. The summed E-state index contributed by atoms with van der Waals surface area (Å²) >= 11 is 0. The van der Waals surface area contributed by atoms with E-state index in [0.29, 0.717) is 26.2 Å². The Morgan fingerprint density at radius 1 is 1.25 bits per heavy atom. The van der Waals surface area contributed by atoms with Gasteiger partial charge in [-0.1, -0.05) is 0 Å². The number of halogens is 2. The molecule has 0 saturated carbocycles. The van der Waals surface area contributed by atoms with E-state index in [-0.39, 0.29) is 26.0 Å². The minimum absolute atomic E-state index is 0.112. The Morgan fingerprint density at radius 2 is 1.94 bits per heavy atom. The van der Waals surface area contributed by atoms with Crippen LogP contribution in [-0.2, 0) is 9.47 Å². The number of ether oxygens (including phenoxy) is 2. The van der Waals surface area contributed by atoms with E-state index in [2.05, 4.69) is 0 Å². The van der Waals surface area contributed by atoms with Gasteiger partial charge in [-0.05, 0) is 6.42 Å². The third-order valence-electron chi connectivity index (χ3n) is 2.39. The highest BCUT2D eigenvalue weighted by Gasteiger charge is 2.17. The lowest BCUT2D eigenvalue weighted by molar-refractivity contribution is -0.183. The molecule has 0 atom stereocenters. The van der Waals surface area contributed by atoms with Crippen LogP contribution in [-0.4, -0.2) is 62.2 Å². The summed E-state index contributed by atoms with van der Waals surface area (Å²) in [6.45, 7) is 1.62. The average molecular weight is 239 g/mol. The van der Waals surface area contributed by atoms with E-state index in [1.54, 1.807) is 0 Å². The Labute approximate surface area is 94.1 Å². The summed E-state index contributed by atoms with van der Waals surface area (Å²) in [7, 11) is 0. The van der Waals surface area contributed by atoms with Gasteiger partial charge >= 0.3 is 0 Å². The molecule has 0 spiro atoms. The summed E-state index contributed by atoms with van der Waals surface area (Å²) in [5.74, 6) is 0. The molecule has 0 unspecified atom stereocenters. The van der Waals surface area contributed by atoms with Gasteiger partial charge < -0.3 is 14.6 Å². The van der Waals surface area contributed by atoms with Gasteiger partial charge in [0.2, 0.25) is 0 Å². The molecular weight excluding hydrogens is 220 g/mol. The van der Waals surface area contributed by atoms with E-state index in [0.717, 1.165) is 6.42 Å². The maximum Gasteiger partial charge on any atom is 0.251 e. The number of rotatable bonds is 7. The standard InChI is InChI=1S/C10H19F2NO3/c11-9(12)8-13(4-5-14)3-2-10-15-6-1-7-16-10/h9-10,14H,1-8H2. The lowest BCUT2D eigenvalue weighted by atomic mass is 10.3. The maximum absolute atomic E-state index is 12.2. The lowest BCUT2D eigenvalue weighted by Gasteiger charge is -2.26. The fraction of sp³-hybridized carbons (Fsp3) is 1.00. The third-order valence-corrected chi connectivity index (χ3v) is 2.39. The van der Waals surface area contributed by atoms with E-state index in [4.69, 9.17) is 14.6 Å². The minimum Gasteiger partial charge on any atom is -0.395 e. The monoisotopic (exact) mass is 239 g/mol. The molecule has 1 rings (SSSR count). The normalized spacial score (nSPS) is 18.6. The molecule has 4 nitrogen and oxygen atoms in total. The van der Waals surface area contributed by atoms with Gasteiger partial charge in [0, 0.05) is 19.5 Å². The van der Waals surface area contributed by atoms with Crippen molar-refractivity contribution in [3.63, 3.8) is 0 Å². The van der Waals surface area contributed by atoms with Gasteiger partial charge in [0.15, 0.2) is 6.29 Å². The Balaban J connectivity index is 2.19. The van der Waals surface area contributed by atoms with Crippen molar-refractivity contribution in [1.29, 1.82) is 0 Å². The molecule has 1 saturated heterocycles. The summed E-state index contributed by atoms with van der Waals surface area (Å²) in [4.78, 5) is 1.52. The zero-order valence-corrected chi connectivity index (χ0v) is 9.28. The van der Waals surface area contributed by atoms with Crippen molar-refractivity contribution in [1.82, 2.24) is 4.90 Å². The maximum atomic E-state index is 12.2. The van der Waals surface area contributed by atoms with Crippen molar-refractivity contribution in [3.05, 3.63) is 0 Å². The fourth-order valence-electron chi connectivity index (χ4n) is 1.62. The van der Waals surface area contributed by atoms with Crippen LogP contribution in [0.2, 0.25) is 0 Å². The minimum atomic E-state index is -2.38. The van der Waals surface area contributed by atoms with E-state index in [1.807, 2.05) is 0 Å². The van der Waals surface area contributed by atoms with Gasteiger partial charge in [0.25, 0.3) is 6.43 Å². The predicted octanol–water partition coefficient (Wildman–Crippen LogP) is 0.699. The average Bonchev–Trinajstić information content (AvgIpc) is 2.27. The smallest absolute Gasteiger partial charge is 0.251 e. The quantitative estimate of drug-likeness (QED) is 0.710. The Morgan fingerprint density at radius 3 is 2.50 bits per heavy atom. The second-order valence-electron chi connectivity index (χ2n) is 3.73. The van der Waals surface area contributed by atoms with Crippen LogP contribution >= 0.6 is 0 Å². The molecule has 1 aliphatic heterocycles. The second kappa shape index (κ2) is 7.89. The molecule has 0 amide bonds. The highest BCUT2D eigenvalue weighted by molar-refractivity contribution is 4.61. The molecule has 0 aliphatic carbocycles. The van der Waals surface area contributed by atoms with Crippen molar-refractivity contribution in [2.24, 2.45) is 0 Å². The van der Waals surface area contributed by atoms with Gasteiger partial charge in [-0.25, -0.2) is 8.78 Å². The molecule has 16 heavy (non-hydrogen) atoms. The van der Waals surface area contributed by atoms with E-state index in [1.165, 1.54) is 4.90 Å². The van der Waals surface area contributed by atoms with Crippen molar-refractivity contribution in [3.8, 4) is 0 Å². The first-order valence-corrected chi connectivity index (χ1v) is 5.57. The van der Waals surface area contributed by atoms with Crippen LogP contribution in [0.4, 0.5) is 8.78 Å². The molecule has 1 aliphatic rings. The summed E-state index contributed by atoms with van der Waals surface area (Å²) in [6.07, 6.45) is -1.21. The summed E-state index contributed by atoms with van der Waals surface area (Å²) < 4.78 is 35.0. The van der Waals surface area contributed by atoms with Crippen LogP contribution in [0.3, 0.4) is 0 Å². The Kier molecular flexibility index (Phi) is 6.79. The molecule has 0 radical (unpaired) electrons. The summed E-state index contributed by atoms with van der Waals surface area (Å²) in [5.41, 5.74) is 0. The SMILES string of the molecule is OCCN(CCC1OCCCO1)CC(F)F. The van der Waals surface area contributed by atoms with Crippen molar-refractivity contribution in [2.45, 2.75) is 25.6 Å². The van der Waals surface area contributed by atoms with Gasteiger partial charge in [-0.3, -0.25) is 4.90 Å². The number of aliphatic hydroxyl groups excluding tert-OH is 1. The number of hydrogen-bond donors (Lipinski definition) is 1. The zero-order chi connectivity index (χ0) is 11.8. The van der Waals surface area contributed by atoms with Crippen LogP contribution in [0, 0.1) is 0 Å². The molecule has 1 N–H and O–H groups in total. The molecule has 1 fully saturated rings. The van der Waals surface area contributed by atoms with Crippen LogP contribution in [0.5, 0.6) is 0 Å². The van der Waals surface area contributed by atoms with Crippen molar-refractivity contribution < 1.29 is 23.4 Å². The fourth-order valence-corrected chi connectivity index (χ4v) is 1.62. The molecule has 1 heterocycles. The largest absolute Gasteiger partial charge is 0.395 e. The first-order valence-electron chi connectivity index (χ1n) is 5.57. The van der Waals surface area contributed by atoms with Gasteiger partial charge in [0.1, 0.15) is 0 Å². The van der Waals surface area contributed by atoms with Gasteiger partial charge in [-0.15, -0.1) is 0 Å². The molecule has 6 heteroatoms. The molecule has 0 bridgehead atoms. The Hall–Kier alpha value is -0.300. The number of nitrogens with zero attached hydrogens (tertiary/aromatic N) is 1. The van der Waals surface area contributed by atoms with Crippen LogP contribution in [0.25, 0.3) is 0 Å². The van der Waals surface area contributed by atoms with Gasteiger partial charge in [0.05, 0.1) is 26.4 Å². The van der Waals surface area contributed by atoms with E-state index >= 15 is 0 Å². The number of aliphatic hydroxyl groups is 1. The highest BCUT2D eigenvalue weighted by atomic mass is 19.3. The summed E-state index contributed by atoms with van der Waals surface area (Å²) in [6, 6.07) is 0. The van der Waals surface area contributed by atoms with E-state index < -0.39 is 6.43 Å². The molecule has 0 aromatic heterocycles. The molecular formula is C10H19F2NO3. The van der Waals surface area contributed by atoms with Crippen LogP contribution < -0.4 is 0 Å². The number of hydrogen-bond acceptors (Lipinski definition) is 4. The molecule has 0 aromatic rings.